The fourth-order valence-corrected chi connectivity index (χ4v) is 2.83. The first-order chi connectivity index (χ1) is 11.1. The minimum atomic E-state index is -0.245. The minimum absolute atomic E-state index is 0.0749. The number of likely N-dealkylation sites (N-methyl/N-ethyl adjacent to an activating group) is 1. The molecule has 1 saturated heterocycles. The third-order valence-electron chi connectivity index (χ3n) is 4.22. The Morgan fingerprint density at radius 3 is 2.48 bits per heavy atom. The zero-order valence-corrected chi connectivity index (χ0v) is 13.1. The Morgan fingerprint density at radius 2 is 1.78 bits per heavy atom. The molecule has 5 heteroatoms. The van der Waals surface area contributed by atoms with E-state index in [0.29, 0.717) is 13.1 Å². The third-order valence-corrected chi connectivity index (χ3v) is 4.22. The number of nitrogens with zero attached hydrogens (tertiary/aromatic N) is 2. The fraction of sp³-hybridized carbons (Fsp3) is 0.278. The molecule has 2 aromatic rings. The second kappa shape index (κ2) is 6.79. The van der Waals surface area contributed by atoms with E-state index in [-0.39, 0.29) is 17.9 Å². The van der Waals surface area contributed by atoms with Gasteiger partial charge in [0.05, 0.1) is 6.04 Å². The molecule has 0 bridgehead atoms. The van der Waals surface area contributed by atoms with Crippen LogP contribution in [0, 0.1) is 5.82 Å². The van der Waals surface area contributed by atoms with Crippen LogP contribution in [0.2, 0.25) is 0 Å². The lowest BCUT2D eigenvalue weighted by atomic mass is 10.0. The molecular formula is C18H20FN3O. The summed E-state index contributed by atoms with van der Waals surface area (Å²) < 4.78 is 13.1. The van der Waals surface area contributed by atoms with Crippen molar-refractivity contribution in [3.05, 3.63) is 66.0 Å². The number of carbonyl (C=O) groups is 1. The summed E-state index contributed by atoms with van der Waals surface area (Å²) in [6.45, 7) is 2.04. The molecule has 4 nitrogen and oxygen atoms in total. The minimum Gasteiger partial charge on any atom is -0.321 e. The molecule has 0 saturated carbocycles. The first kappa shape index (κ1) is 15.5. The number of amides is 2. The molecular weight excluding hydrogens is 293 g/mol. The van der Waals surface area contributed by atoms with Gasteiger partial charge in [-0.2, -0.15) is 0 Å². The monoisotopic (exact) mass is 313 g/mol. The SMILES string of the molecule is CN1CCN(C(=O)Nc2ccccc2)CC1c1ccc(F)cc1. The van der Waals surface area contributed by atoms with E-state index in [1.54, 1.807) is 17.0 Å². The summed E-state index contributed by atoms with van der Waals surface area (Å²) in [6.07, 6.45) is 0. The van der Waals surface area contributed by atoms with Gasteiger partial charge < -0.3 is 10.2 Å². The molecule has 0 aromatic heterocycles. The van der Waals surface area contributed by atoms with E-state index < -0.39 is 0 Å². The van der Waals surface area contributed by atoms with Crippen molar-refractivity contribution in [2.45, 2.75) is 6.04 Å². The number of benzene rings is 2. The quantitative estimate of drug-likeness (QED) is 0.923. The van der Waals surface area contributed by atoms with Crippen LogP contribution in [0.3, 0.4) is 0 Å². The standard InChI is InChI=1S/C18H20FN3O/c1-21-11-12-22(18(23)20-16-5-3-2-4-6-16)13-17(21)14-7-9-15(19)10-8-14/h2-10,17H,11-13H2,1H3,(H,20,23). The van der Waals surface area contributed by atoms with E-state index in [1.165, 1.54) is 12.1 Å². The largest absolute Gasteiger partial charge is 0.321 e. The van der Waals surface area contributed by atoms with Gasteiger partial charge in [0.25, 0.3) is 0 Å². The summed E-state index contributed by atoms with van der Waals surface area (Å²) in [6, 6.07) is 15.9. The van der Waals surface area contributed by atoms with Gasteiger partial charge in [0.1, 0.15) is 5.82 Å². The Kier molecular flexibility index (Phi) is 4.57. The summed E-state index contributed by atoms with van der Waals surface area (Å²) in [5.41, 5.74) is 1.81. The van der Waals surface area contributed by atoms with Crippen LogP contribution in [-0.2, 0) is 0 Å². The van der Waals surface area contributed by atoms with Gasteiger partial charge in [-0.15, -0.1) is 0 Å². The summed E-state index contributed by atoms with van der Waals surface area (Å²) >= 11 is 0. The van der Waals surface area contributed by atoms with E-state index >= 15 is 0 Å². The van der Waals surface area contributed by atoms with E-state index in [4.69, 9.17) is 0 Å². The first-order valence-electron chi connectivity index (χ1n) is 7.70. The molecule has 0 spiro atoms. The predicted octanol–water partition coefficient (Wildman–Crippen LogP) is 3.35. The highest BCUT2D eigenvalue weighted by atomic mass is 19.1. The van der Waals surface area contributed by atoms with Crippen LogP contribution in [0.4, 0.5) is 14.9 Å². The number of anilines is 1. The van der Waals surface area contributed by atoms with E-state index in [0.717, 1.165) is 17.8 Å². The van der Waals surface area contributed by atoms with Crippen molar-refractivity contribution in [2.75, 3.05) is 32.0 Å². The van der Waals surface area contributed by atoms with Crippen LogP contribution in [0.25, 0.3) is 0 Å². The maximum atomic E-state index is 13.1. The second-order valence-corrected chi connectivity index (χ2v) is 5.79. The van der Waals surface area contributed by atoms with Gasteiger partial charge in [-0.1, -0.05) is 30.3 Å². The molecule has 1 aliphatic heterocycles. The normalized spacial score (nSPS) is 18.7. The van der Waals surface area contributed by atoms with Crippen LogP contribution in [0.15, 0.2) is 54.6 Å². The van der Waals surface area contributed by atoms with Gasteiger partial charge in [0, 0.05) is 25.3 Å². The number of halogens is 1. The Bertz CT molecular complexity index is 660. The van der Waals surface area contributed by atoms with Gasteiger partial charge in [-0.25, -0.2) is 9.18 Å². The van der Waals surface area contributed by atoms with Crippen molar-refractivity contribution < 1.29 is 9.18 Å². The molecule has 23 heavy (non-hydrogen) atoms. The van der Waals surface area contributed by atoms with Crippen LogP contribution < -0.4 is 5.32 Å². The predicted molar refractivity (Wildman–Crippen MR) is 88.8 cm³/mol. The molecule has 2 amide bonds. The maximum Gasteiger partial charge on any atom is 0.321 e. The maximum absolute atomic E-state index is 13.1. The summed E-state index contributed by atoms with van der Waals surface area (Å²) in [5.74, 6) is -0.245. The van der Waals surface area contributed by atoms with Gasteiger partial charge in [-0.3, -0.25) is 4.90 Å². The number of carbonyl (C=O) groups excluding carboxylic acids is 1. The lowest BCUT2D eigenvalue weighted by molar-refractivity contribution is 0.116. The molecule has 1 aliphatic rings. The van der Waals surface area contributed by atoms with Gasteiger partial charge in [0.15, 0.2) is 0 Å². The fourth-order valence-electron chi connectivity index (χ4n) is 2.83. The number of rotatable bonds is 2. The third kappa shape index (κ3) is 3.68. The van der Waals surface area contributed by atoms with Crippen molar-refractivity contribution >= 4 is 11.7 Å². The molecule has 0 aliphatic carbocycles. The zero-order chi connectivity index (χ0) is 16.2. The van der Waals surface area contributed by atoms with Crippen molar-refractivity contribution in [1.29, 1.82) is 0 Å². The van der Waals surface area contributed by atoms with Gasteiger partial charge in [-0.05, 0) is 36.9 Å². The summed E-state index contributed by atoms with van der Waals surface area (Å²) in [7, 11) is 2.03. The van der Waals surface area contributed by atoms with Gasteiger partial charge >= 0.3 is 6.03 Å². The van der Waals surface area contributed by atoms with Crippen molar-refractivity contribution in [3.8, 4) is 0 Å². The first-order valence-corrected chi connectivity index (χ1v) is 7.70. The van der Waals surface area contributed by atoms with Crippen LogP contribution >= 0.6 is 0 Å². The molecule has 1 atom stereocenters. The Balaban J connectivity index is 1.70. The topological polar surface area (TPSA) is 35.6 Å². The second-order valence-electron chi connectivity index (χ2n) is 5.79. The number of urea groups is 1. The Hall–Kier alpha value is -2.40. The molecule has 2 aromatic carbocycles. The molecule has 0 radical (unpaired) electrons. The van der Waals surface area contributed by atoms with Gasteiger partial charge in [0.2, 0.25) is 0 Å². The highest BCUT2D eigenvalue weighted by molar-refractivity contribution is 5.89. The molecule has 3 rings (SSSR count). The van der Waals surface area contributed by atoms with E-state index in [9.17, 15) is 9.18 Å². The lowest BCUT2D eigenvalue weighted by Gasteiger charge is -2.39. The highest BCUT2D eigenvalue weighted by Gasteiger charge is 2.28. The smallest absolute Gasteiger partial charge is 0.321 e. The van der Waals surface area contributed by atoms with Crippen LogP contribution in [-0.4, -0.2) is 42.5 Å². The van der Waals surface area contributed by atoms with Crippen molar-refractivity contribution in [1.82, 2.24) is 9.80 Å². The Labute approximate surface area is 135 Å². The van der Waals surface area contributed by atoms with Crippen LogP contribution in [0.1, 0.15) is 11.6 Å². The highest BCUT2D eigenvalue weighted by Crippen LogP contribution is 2.24. The molecule has 1 heterocycles. The number of hydrogen-bond donors (Lipinski definition) is 1. The van der Waals surface area contributed by atoms with E-state index in [2.05, 4.69) is 10.2 Å². The zero-order valence-electron chi connectivity index (χ0n) is 13.1. The summed E-state index contributed by atoms with van der Waals surface area (Å²) in [5, 5.41) is 2.92. The molecule has 1 unspecified atom stereocenters. The average molecular weight is 313 g/mol. The number of hydrogen-bond acceptors (Lipinski definition) is 2. The average Bonchev–Trinajstić information content (AvgIpc) is 2.57. The molecule has 120 valence electrons. The number of para-hydroxylation sites is 1. The Morgan fingerprint density at radius 1 is 1.09 bits per heavy atom. The van der Waals surface area contributed by atoms with Crippen LogP contribution in [0.5, 0.6) is 0 Å². The number of nitrogens with one attached hydrogen (secondary N) is 1. The molecule has 1 fully saturated rings. The summed E-state index contributed by atoms with van der Waals surface area (Å²) in [4.78, 5) is 16.4. The molecule has 1 N–H and O–H groups in total. The van der Waals surface area contributed by atoms with E-state index in [1.807, 2.05) is 37.4 Å². The number of piperazine rings is 1. The lowest BCUT2D eigenvalue weighted by Crippen LogP contribution is -2.50. The van der Waals surface area contributed by atoms with Crippen molar-refractivity contribution in [2.24, 2.45) is 0 Å². The van der Waals surface area contributed by atoms with Crippen molar-refractivity contribution in [3.63, 3.8) is 0 Å².